The second-order valence-corrected chi connectivity index (χ2v) is 10.6. The van der Waals surface area contributed by atoms with Crippen molar-refractivity contribution in [2.75, 3.05) is 25.4 Å². The summed E-state index contributed by atoms with van der Waals surface area (Å²) in [5.74, 6) is -0.455. The predicted octanol–water partition coefficient (Wildman–Crippen LogP) is 1.84. The zero-order valence-electron chi connectivity index (χ0n) is 18.3. The molecule has 1 aliphatic heterocycles. The molecule has 0 radical (unpaired) electrons. The number of benzene rings is 1. The number of morpholine rings is 1. The van der Waals surface area contributed by atoms with Crippen LogP contribution in [0.15, 0.2) is 24.3 Å². The lowest BCUT2D eigenvalue weighted by molar-refractivity contribution is -0.0440. The molecule has 0 bridgehead atoms. The molecule has 0 spiro atoms. The Morgan fingerprint density at radius 1 is 1.19 bits per heavy atom. The number of hydrogen-bond donors (Lipinski definition) is 1. The van der Waals surface area contributed by atoms with Crippen LogP contribution in [0.3, 0.4) is 0 Å². The summed E-state index contributed by atoms with van der Waals surface area (Å²) < 4.78 is 34.4. The minimum absolute atomic E-state index is 0.0489. The molecule has 4 rings (SSSR count). The molecule has 2 unspecified atom stereocenters. The van der Waals surface area contributed by atoms with Gasteiger partial charge < -0.3 is 10.1 Å². The maximum Gasteiger partial charge on any atom is 0.272 e. The summed E-state index contributed by atoms with van der Waals surface area (Å²) in [6.45, 7) is 6.49. The monoisotopic (exact) mass is 446 g/mol. The molecule has 1 N–H and O–H groups in total. The van der Waals surface area contributed by atoms with Crippen molar-refractivity contribution in [3.8, 4) is 5.69 Å². The second kappa shape index (κ2) is 8.72. The van der Waals surface area contributed by atoms with Crippen molar-refractivity contribution in [1.29, 1.82) is 0 Å². The van der Waals surface area contributed by atoms with Gasteiger partial charge in [-0.25, -0.2) is 13.1 Å². The van der Waals surface area contributed by atoms with Gasteiger partial charge in [0.1, 0.15) is 0 Å². The minimum Gasteiger partial charge on any atom is -0.373 e. The van der Waals surface area contributed by atoms with Gasteiger partial charge >= 0.3 is 0 Å². The van der Waals surface area contributed by atoms with Gasteiger partial charge in [0.15, 0.2) is 5.69 Å². The van der Waals surface area contributed by atoms with E-state index in [9.17, 15) is 13.2 Å². The molecule has 168 valence electrons. The Labute approximate surface area is 183 Å². The summed E-state index contributed by atoms with van der Waals surface area (Å²) >= 11 is 0. The largest absolute Gasteiger partial charge is 0.373 e. The lowest BCUT2D eigenvalue weighted by atomic mass is 10.2. The van der Waals surface area contributed by atoms with Crippen molar-refractivity contribution >= 4 is 15.9 Å². The van der Waals surface area contributed by atoms with Gasteiger partial charge in [0.25, 0.3) is 5.91 Å². The van der Waals surface area contributed by atoms with Gasteiger partial charge in [0, 0.05) is 30.9 Å². The van der Waals surface area contributed by atoms with Crippen LogP contribution in [-0.4, -0.2) is 66.0 Å². The molecular weight excluding hydrogens is 416 g/mol. The van der Waals surface area contributed by atoms with E-state index in [-0.39, 0.29) is 30.4 Å². The highest BCUT2D eigenvalue weighted by Crippen LogP contribution is 2.28. The average Bonchev–Trinajstić information content (AvgIpc) is 3.30. The van der Waals surface area contributed by atoms with E-state index >= 15 is 0 Å². The molecule has 2 aliphatic rings. The van der Waals surface area contributed by atoms with Crippen LogP contribution in [0.2, 0.25) is 0 Å². The first-order valence-electron chi connectivity index (χ1n) is 10.8. The summed E-state index contributed by atoms with van der Waals surface area (Å²) in [4.78, 5) is 12.9. The number of hydrogen-bond acceptors (Lipinski definition) is 5. The van der Waals surface area contributed by atoms with E-state index in [1.54, 1.807) is 0 Å². The molecule has 2 aromatic rings. The van der Waals surface area contributed by atoms with E-state index in [1.807, 2.05) is 49.7 Å². The van der Waals surface area contributed by atoms with Crippen LogP contribution in [0.5, 0.6) is 0 Å². The lowest BCUT2D eigenvalue weighted by Crippen LogP contribution is -2.49. The van der Waals surface area contributed by atoms with Crippen molar-refractivity contribution in [3.05, 3.63) is 46.8 Å². The van der Waals surface area contributed by atoms with Crippen LogP contribution in [0.1, 0.15) is 47.6 Å². The highest BCUT2D eigenvalue weighted by atomic mass is 32.2. The van der Waals surface area contributed by atoms with Gasteiger partial charge in [-0.05, 0) is 51.7 Å². The van der Waals surface area contributed by atoms with Crippen molar-refractivity contribution in [3.63, 3.8) is 0 Å². The topological polar surface area (TPSA) is 93.5 Å². The molecule has 1 saturated heterocycles. The summed E-state index contributed by atoms with van der Waals surface area (Å²) in [6, 6.07) is 7.96. The van der Waals surface area contributed by atoms with Crippen molar-refractivity contribution in [2.45, 2.75) is 52.2 Å². The fourth-order valence-corrected chi connectivity index (χ4v) is 5.98. The number of nitrogens with zero attached hydrogens (tertiary/aromatic N) is 3. The van der Waals surface area contributed by atoms with Gasteiger partial charge in [-0.15, -0.1) is 0 Å². The number of ether oxygens (including phenoxy) is 1. The van der Waals surface area contributed by atoms with Crippen molar-refractivity contribution in [2.24, 2.45) is 0 Å². The Morgan fingerprint density at radius 3 is 2.61 bits per heavy atom. The zero-order valence-corrected chi connectivity index (χ0v) is 19.1. The standard InChI is InChI=1S/C22H30N4O4S/c1-15-7-4-5-9-19(15)26-20-10-6-8-18(20)21(24-26)22(27)23-11-12-31(28,29)25-13-16(2)30-17(3)14-25/h4-5,7,9,16-17H,6,8,10-14H2,1-3H3,(H,23,27). The van der Waals surface area contributed by atoms with Gasteiger partial charge in [0.2, 0.25) is 10.0 Å². The number of sulfonamides is 1. The number of aryl methyl sites for hydroxylation is 1. The Balaban J connectivity index is 1.45. The van der Waals surface area contributed by atoms with E-state index < -0.39 is 10.0 Å². The zero-order chi connectivity index (χ0) is 22.2. The molecule has 1 fully saturated rings. The van der Waals surface area contributed by atoms with Crippen LogP contribution >= 0.6 is 0 Å². The van der Waals surface area contributed by atoms with Crippen LogP contribution in [-0.2, 0) is 27.6 Å². The molecule has 9 heteroatoms. The Hall–Kier alpha value is -2.23. The molecule has 1 aromatic heterocycles. The second-order valence-electron chi connectivity index (χ2n) is 8.47. The molecule has 1 aliphatic carbocycles. The summed E-state index contributed by atoms with van der Waals surface area (Å²) in [5, 5.41) is 7.39. The molecule has 2 atom stereocenters. The van der Waals surface area contributed by atoms with E-state index in [0.717, 1.165) is 41.8 Å². The van der Waals surface area contributed by atoms with E-state index in [1.165, 1.54) is 4.31 Å². The fraction of sp³-hybridized carbons (Fsp3) is 0.545. The smallest absolute Gasteiger partial charge is 0.272 e. The first-order valence-corrected chi connectivity index (χ1v) is 12.5. The number of amides is 1. The minimum atomic E-state index is -3.47. The molecule has 2 heterocycles. The number of rotatable bonds is 6. The SMILES string of the molecule is Cc1ccccc1-n1nc(C(=O)NCCS(=O)(=O)N2CC(C)OC(C)C2)c2c1CCC2. The Morgan fingerprint density at radius 2 is 1.90 bits per heavy atom. The third-order valence-corrected chi connectivity index (χ3v) is 7.72. The number of carbonyl (C=O) groups is 1. The van der Waals surface area contributed by atoms with Gasteiger partial charge in [0.05, 0.1) is 23.6 Å². The third kappa shape index (κ3) is 4.53. The van der Waals surface area contributed by atoms with Crippen LogP contribution in [0, 0.1) is 6.92 Å². The highest BCUT2D eigenvalue weighted by molar-refractivity contribution is 7.89. The van der Waals surface area contributed by atoms with Crippen LogP contribution in [0.25, 0.3) is 5.69 Å². The lowest BCUT2D eigenvalue weighted by Gasteiger charge is -2.34. The summed E-state index contributed by atoms with van der Waals surface area (Å²) in [7, 11) is -3.47. The molecule has 0 saturated carbocycles. The molecule has 31 heavy (non-hydrogen) atoms. The maximum atomic E-state index is 12.9. The van der Waals surface area contributed by atoms with Crippen LogP contribution in [0.4, 0.5) is 0 Å². The molecule has 1 aromatic carbocycles. The Bertz CT molecular complexity index is 1070. The average molecular weight is 447 g/mol. The number of para-hydroxylation sites is 1. The predicted molar refractivity (Wildman–Crippen MR) is 118 cm³/mol. The van der Waals surface area contributed by atoms with Crippen LogP contribution < -0.4 is 5.32 Å². The molecule has 1 amide bonds. The third-order valence-electron chi connectivity index (χ3n) is 5.91. The van der Waals surface area contributed by atoms with Crippen molar-refractivity contribution < 1.29 is 17.9 Å². The van der Waals surface area contributed by atoms with Gasteiger partial charge in [-0.3, -0.25) is 4.79 Å². The van der Waals surface area contributed by atoms with E-state index in [2.05, 4.69) is 10.4 Å². The molecular formula is C22H30N4O4S. The fourth-order valence-electron chi connectivity index (χ4n) is 4.48. The van der Waals surface area contributed by atoms with Gasteiger partial charge in [-0.1, -0.05) is 18.2 Å². The summed E-state index contributed by atoms with van der Waals surface area (Å²) in [5.41, 5.74) is 4.51. The normalized spacial score (nSPS) is 21.8. The number of nitrogens with one attached hydrogen (secondary N) is 1. The van der Waals surface area contributed by atoms with E-state index in [0.29, 0.717) is 18.8 Å². The molecule has 8 nitrogen and oxygen atoms in total. The summed E-state index contributed by atoms with van der Waals surface area (Å²) in [6.07, 6.45) is 2.40. The first kappa shape index (κ1) is 22.0. The van der Waals surface area contributed by atoms with Crippen molar-refractivity contribution in [1.82, 2.24) is 19.4 Å². The Kier molecular flexibility index (Phi) is 6.18. The van der Waals surface area contributed by atoms with Gasteiger partial charge in [-0.2, -0.15) is 9.40 Å². The first-order chi connectivity index (χ1) is 14.8. The maximum absolute atomic E-state index is 12.9. The number of fused-ring (bicyclic) bond motifs is 1. The number of aromatic nitrogens is 2. The van der Waals surface area contributed by atoms with E-state index in [4.69, 9.17) is 4.74 Å². The quantitative estimate of drug-likeness (QED) is 0.731. The highest BCUT2D eigenvalue weighted by Gasteiger charge is 2.31. The number of carbonyl (C=O) groups excluding carboxylic acids is 1.